The van der Waals surface area contributed by atoms with Gasteiger partial charge in [0.05, 0.1) is 11.3 Å². The third-order valence-corrected chi connectivity index (χ3v) is 4.71. The summed E-state index contributed by atoms with van der Waals surface area (Å²) in [5.74, 6) is -0.961. The molecule has 6 heteroatoms. The molecule has 0 aromatic heterocycles. The van der Waals surface area contributed by atoms with Crippen LogP contribution < -0.4 is 16.8 Å². The summed E-state index contributed by atoms with van der Waals surface area (Å²) in [7, 11) is 0. The number of carbonyl (C=O) groups excluding carboxylic acids is 2. The van der Waals surface area contributed by atoms with Crippen LogP contribution in [0.1, 0.15) is 31.4 Å². The van der Waals surface area contributed by atoms with Crippen molar-refractivity contribution < 1.29 is 14.3 Å². The predicted molar refractivity (Wildman–Crippen MR) is 87.2 cm³/mol. The van der Waals surface area contributed by atoms with Gasteiger partial charge in [-0.25, -0.2) is 0 Å². The molecule has 0 bridgehead atoms. The van der Waals surface area contributed by atoms with Gasteiger partial charge in [0.25, 0.3) is 0 Å². The zero-order chi connectivity index (χ0) is 16.9. The average Bonchev–Trinajstić information content (AvgIpc) is 2.59. The summed E-state index contributed by atoms with van der Waals surface area (Å²) in [6, 6.07) is 9.10. The first-order valence-corrected chi connectivity index (χ1v) is 7.92. The van der Waals surface area contributed by atoms with Crippen molar-refractivity contribution in [3.8, 4) is 0 Å². The maximum Gasteiger partial charge on any atom is 0.225 e. The Balaban J connectivity index is 1.96. The van der Waals surface area contributed by atoms with Gasteiger partial charge in [0.1, 0.15) is 0 Å². The van der Waals surface area contributed by atoms with E-state index in [1.807, 2.05) is 30.3 Å². The first-order chi connectivity index (χ1) is 11.0. The van der Waals surface area contributed by atoms with Crippen molar-refractivity contribution in [1.29, 1.82) is 0 Å². The summed E-state index contributed by atoms with van der Waals surface area (Å²) in [4.78, 5) is 24.2. The molecule has 2 rings (SSSR count). The molecule has 2 atom stereocenters. The Morgan fingerprint density at radius 1 is 1.26 bits per heavy atom. The molecule has 1 aromatic rings. The molecule has 2 unspecified atom stereocenters. The molecule has 126 valence electrons. The van der Waals surface area contributed by atoms with Crippen LogP contribution in [-0.4, -0.2) is 31.6 Å². The molecule has 2 amide bonds. The molecule has 1 heterocycles. The Morgan fingerprint density at radius 2 is 1.87 bits per heavy atom. The zero-order valence-corrected chi connectivity index (χ0v) is 13.5. The van der Waals surface area contributed by atoms with Crippen LogP contribution in [0.4, 0.5) is 0 Å². The minimum absolute atomic E-state index is 0.173. The number of rotatable bonds is 6. The van der Waals surface area contributed by atoms with Gasteiger partial charge < -0.3 is 21.5 Å². The van der Waals surface area contributed by atoms with Gasteiger partial charge in [-0.15, -0.1) is 0 Å². The van der Waals surface area contributed by atoms with Crippen molar-refractivity contribution in [3.63, 3.8) is 0 Å². The Morgan fingerprint density at radius 3 is 2.43 bits per heavy atom. The molecule has 0 spiro atoms. The van der Waals surface area contributed by atoms with E-state index in [4.69, 9.17) is 16.2 Å². The summed E-state index contributed by atoms with van der Waals surface area (Å²) in [5.41, 5.74) is 11.9. The number of amides is 2. The van der Waals surface area contributed by atoms with Crippen LogP contribution in [0.3, 0.4) is 0 Å². The number of nitrogens with two attached hydrogens (primary N) is 2. The van der Waals surface area contributed by atoms with Crippen LogP contribution in [0.5, 0.6) is 0 Å². The van der Waals surface area contributed by atoms with Crippen LogP contribution in [0.15, 0.2) is 30.3 Å². The number of primary amides is 1. The summed E-state index contributed by atoms with van der Waals surface area (Å²) < 4.78 is 5.28. The van der Waals surface area contributed by atoms with E-state index in [9.17, 15) is 9.59 Å². The summed E-state index contributed by atoms with van der Waals surface area (Å²) in [6.45, 7) is 2.99. The highest BCUT2D eigenvalue weighted by Crippen LogP contribution is 2.29. The van der Waals surface area contributed by atoms with E-state index in [2.05, 4.69) is 5.32 Å². The van der Waals surface area contributed by atoms with Crippen molar-refractivity contribution in [1.82, 2.24) is 5.32 Å². The highest BCUT2D eigenvalue weighted by molar-refractivity contribution is 5.83. The van der Waals surface area contributed by atoms with Gasteiger partial charge >= 0.3 is 0 Å². The fourth-order valence-corrected chi connectivity index (χ4v) is 2.82. The second kappa shape index (κ2) is 7.57. The Bertz CT molecular complexity index is 541. The molecular weight excluding hydrogens is 294 g/mol. The minimum Gasteiger partial charge on any atom is -0.381 e. The second-order valence-corrected chi connectivity index (χ2v) is 6.20. The Kier molecular flexibility index (Phi) is 5.74. The van der Waals surface area contributed by atoms with Crippen molar-refractivity contribution in [2.24, 2.45) is 22.8 Å². The van der Waals surface area contributed by atoms with E-state index in [-0.39, 0.29) is 18.4 Å². The van der Waals surface area contributed by atoms with E-state index >= 15 is 0 Å². The minimum atomic E-state index is -0.718. The molecule has 5 N–H and O–H groups in total. The number of carbonyl (C=O) groups is 2. The summed E-state index contributed by atoms with van der Waals surface area (Å²) in [6.07, 6.45) is 1.06. The molecule has 6 nitrogen and oxygen atoms in total. The van der Waals surface area contributed by atoms with Crippen LogP contribution in [0, 0.1) is 11.3 Å². The van der Waals surface area contributed by atoms with E-state index in [1.165, 1.54) is 0 Å². The van der Waals surface area contributed by atoms with Gasteiger partial charge in [-0.2, -0.15) is 0 Å². The standard InChI is InChI=1S/C17H25N3O3/c1-12(14(18)13-5-3-2-4-6-13)15(21)20-11-17(16(19)22)7-9-23-10-8-17/h2-6,12,14H,7-11,18H2,1H3,(H2,19,22)(H,20,21). The van der Waals surface area contributed by atoms with Crippen LogP contribution in [0.25, 0.3) is 0 Å². The van der Waals surface area contributed by atoms with Gasteiger partial charge in [-0.05, 0) is 18.4 Å². The number of benzene rings is 1. The highest BCUT2D eigenvalue weighted by atomic mass is 16.5. The topological polar surface area (TPSA) is 107 Å². The molecule has 0 aliphatic carbocycles. The summed E-state index contributed by atoms with van der Waals surface area (Å²) in [5, 5.41) is 2.85. The molecule has 1 aliphatic heterocycles. The monoisotopic (exact) mass is 319 g/mol. The molecule has 1 aromatic carbocycles. The van der Waals surface area contributed by atoms with Crippen molar-refractivity contribution in [3.05, 3.63) is 35.9 Å². The average molecular weight is 319 g/mol. The molecule has 23 heavy (non-hydrogen) atoms. The maximum atomic E-state index is 12.4. The number of hydrogen-bond donors (Lipinski definition) is 3. The van der Waals surface area contributed by atoms with Crippen molar-refractivity contribution in [2.45, 2.75) is 25.8 Å². The predicted octanol–water partition coefficient (Wildman–Crippen LogP) is 0.721. The Hall–Kier alpha value is -1.92. The van der Waals surface area contributed by atoms with Crippen molar-refractivity contribution >= 4 is 11.8 Å². The van der Waals surface area contributed by atoms with E-state index in [0.29, 0.717) is 26.1 Å². The third kappa shape index (κ3) is 4.09. The molecule has 1 aliphatic rings. The highest BCUT2D eigenvalue weighted by Gasteiger charge is 2.39. The zero-order valence-electron chi connectivity index (χ0n) is 13.5. The first kappa shape index (κ1) is 17.4. The van der Waals surface area contributed by atoms with Gasteiger partial charge in [0.15, 0.2) is 0 Å². The molecule has 1 saturated heterocycles. The second-order valence-electron chi connectivity index (χ2n) is 6.20. The SMILES string of the molecule is CC(C(=O)NCC1(C(N)=O)CCOCC1)C(N)c1ccccc1. The lowest BCUT2D eigenvalue weighted by molar-refractivity contribution is -0.134. The lowest BCUT2D eigenvalue weighted by atomic mass is 9.79. The van der Waals surface area contributed by atoms with Crippen molar-refractivity contribution in [2.75, 3.05) is 19.8 Å². The van der Waals surface area contributed by atoms with Gasteiger partial charge in [0, 0.05) is 25.8 Å². The summed E-state index contributed by atoms with van der Waals surface area (Å²) >= 11 is 0. The Labute approximate surface area is 136 Å². The quantitative estimate of drug-likeness (QED) is 0.718. The number of hydrogen-bond acceptors (Lipinski definition) is 4. The van der Waals surface area contributed by atoms with E-state index in [0.717, 1.165) is 5.56 Å². The normalized spacial score (nSPS) is 19.6. The fourth-order valence-electron chi connectivity index (χ4n) is 2.82. The fraction of sp³-hybridized carbons (Fsp3) is 0.529. The maximum absolute atomic E-state index is 12.4. The smallest absolute Gasteiger partial charge is 0.225 e. The van der Waals surface area contributed by atoms with E-state index in [1.54, 1.807) is 6.92 Å². The molecule has 0 radical (unpaired) electrons. The van der Waals surface area contributed by atoms with Crippen LogP contribution >= 0.6 is 0 Å². The van der Waals surface area contributed by atoms with Crippen LogP contribution in [-0.2, 0) is 14.3 Å². The van der Waals surface area contributed by atoms with Crippen LogP contribution in [0.2, 0.25) is 0 Å². The molecule has 1 fully saturated rings. The molecular formula is C17H25N3O3. The van der Waals surface area contributed by atoms with Gasteiger partial charge in [-0.3, -0.25) is 9.59 Å². The lowest BCUT2D eigenvalue weighted by Gasteiger charge is -2.34. The van der Waals surface area contributed by atoms with E-state index < -0.39 is 17.4 Å². The largest absolute Gasteiger partial charge is 0.381 e. The van der Waals surface area contributed by atoms with Gasteiger partial charge in [-0.1, -0.05) is 37.3 Å². The number of nitrogens with one attached hydrogen (secondary N) is 1. The molecule has 0 saturated carbocycles. The number of ether oxygens (including phenoxy) is 1. The first-order valence-electron chi connectivity index (χ1n) is 7.92. The third-order valence-electron chi connectivity index (χ3n) is 4.71. The van der Waals surface area contributed by atoms with Gasteiger partial charge in [0.2, 0.25) is 11.8 Å². The lowest BCUT2D eigenvalue weighted by Crippen LogP contribution is -2.50.